The fourth-order valence-corrected chi connectivity index (χ4v) is 3.91. The zero-order valence-electron chi connectivity index (χ0n) is 6.83. The van der Waals surface area contributed by atoms with E-state index in [4.69, 9.17) is 0 Å². The van der Waals surface area contributed by atoms with Crippen LogP contribution in [0.3, 0.4) is 0 Å². The van der Waals surface area contributed by atoms with Crippen LogP contribution < -0.4 is 0 Å². The summed E-state index contributed by atoms with van der Waals surface area (Å²) in [5, 5.41) is 10.5. The van der Waals surface area contributed by atoms with Crippen LogP contribution in [0.1, 0.15) is 32.1 Å². The van der Waals surface area contributed by atoms with E-state index in [0.717, 1.165) is 11.7 Å². The van der Waals surface area contributed by atoms with E-state index in [1.54, 1.807) is 0 Å². The summed E-state index contributed by atoms with van der Waals surface area (Å²) in [4.78, 5) is 0. The Labute approximate surface area is 72.6 Å². The van der Waals surface area contributed by atoms with Crippen molar-refractivity contribution in [2.45, 2.75) is 43.5 Å². The molecule has 0 spiro atoms. The molecule has 3 atom stereocenters. The lowest BCUT2D eigenvalue weighted by Gasteiger charge is -2.38. The average molecular weight is 172 g/mol. The van der Waals surface area contributed by atoms with E-state index in [-0.39, 0.29) is 6.10 Å². The maximum atomic E-state index is 9.69. The van der Waals surface area contributed by atoms with E-state index in [0.29, 0.717) is 5.92 Å². The van der Waals surface area contributed by atoms with Gasteiger partial charge in [-0.15, -0.1) is 0 Å². The minimum Gasteiger partial charge on any atom is -0.393 e. The molecule has 2 fully saturated rings. The highest BCUT2D eigenvalue weighted by atomic mass is 32.2. The van der Waals surface area contributed by atoms with E-state index in [1.807, 2.05) is 0 Å². The molecule has 1 nitrogen and oxygen atoms in total. The van der Waals surface area contributed by atoms with Crippen LogP contribution in [0.2, 0.25) is 0 Å². The van der Waals surface area contributed by atoms with Crippen molar-refractivity contribution in [3.8, 4) is 0 Å². The maximum Gasteiger partial charge on any atom is 0.0586 e. The summed E-state index contributed by atoms with van der Waals surface area (Å²) in [5.41, 5.74) is 0. The second-order valence-electron chi connectivity index (χ2n) is 3.71. The molecule has 2 aliphatic rings. The van der Waals surface area contributed by atoms with E-state index < -0.39 is 0 Å². The number of hydrogen-bond acceptors (Lipinski definition) is 2. The Hall–Kier alpha value is 0.310. The molecular weight excluding hydrogens is 156 g/mol. The quantitative estimate of drug-likeness (QED) is 0.603. The Morgan fingerprint density at radius 2 is 1.91 bits per heavy atom. The molecule has 0 aromatic heterocycles. The van der Waals surface area contributed by atoms with Gasteiger partial charge in [0.15, 0.2) is 0 Å². The highest BCUT2D eigenvalue weighted by Gasteiger charge is 2.33. The fraction of sp³-hybridized carbons (Fsp3) is 1.00. The zero-order chi connectivity index (χ0) is 7.68. The zero-order valence-corrected chi connectivity index (χ0v) is 7.65. The Morgan fingerprint density at radius 1 is 1.09 bits per heavy atom. The van der Waals surface area contributed by atoms with Gasteiger partial charge in [-0.1, -0.05) is 12.8 Å². The molecule has 0 radical (unpaired) electrons. The van der Waals surface area contributed by atoms with Crippen LogP contribution >= 0.6 is 11.8 Å². The molecule has 1 N–H and O–H groups in total. The normalized spacial score (nSPS) is 45.0. The molecular formula is C9H16OS. The van der Waals surface area contributed by atoms with Gasteiger partial charge in [-0.2, -0.15) is 11.8 Å². The predicted octanol–water partition coefficient (Wildman–Crippen LogP) is 2.04. The van der Waals surface area contributed by atoms with Gasteiger partial charge in [-0.3, -0.25) is 0 Å². The molecule has 1 aliphatic heterocycles. The monoisotopic (exact) mass is 172 g/mol. The summed E-state index contributed by atoms with van der Waals surface area (Å²) in [7, 11) is 0. The van der Waals surface area contributed by atoms with E-state index >= 15 is 0 Å². The van der Waals surface area contributed by atoms with Crippen molar-refractivity contribution in [1.29, 1.82) is 0 Å². The molecule has 64 valence electrons. The lowest BCUT2D eigenvalue weighted by molar-refractivity contribution is 0.0813. The van der Waals surface area contributed by atoms with Gasteiger partial charge in [0, 0.05) is 5.25 Å². The smallest absolute Gasteiger partial charge is 0.0586 e. The second-order valence-corrected chi connectivity index (χ2v) is 5.06. The first-order valence-corrected chi connectivity index (χ1v) is 5.72. The topological polar surface area (TPSA) is 20.2 Å². The number of aliphatic hydroxyl groups excluding tert-OH is 1. The first kappa shape index (κ1) is 7.93. The van der Waals surface area contributed by atoms with Gasteiger partial charge in [0.05, 0.1) is 6.10 Å². The van der Waals surface area contributed by atoms with E-state index in [9.17, 15) is 5.11 Å². The molecule has 1 aliphatic carbocycles. The van der Waals surface area contributed by atoms with Crippen LogP contribution in [0, 0.1) is 5.92 Å². The third-order valence-corrected chi connectivity index (χ3v) is 4.48. The van der Waals surface area contributed by atoms with E-state index in [1.165, 1.54) is 31.4 Å². The number of fused-ring (bicyclic) bond motifs is 1. The lowest BCUT2D eigenvalue weighted by Crippen LogP contribution is -2.36. The van der Waals surface area contributed by atoms with Crippen molar-refractivity contribution in [1.82, 2.24) is 0 Å². The van der Waals surface area contributed by atoms with Crippen molar-refractivity contribution in [3.63, 3.8) is 0 Å². The largest absolute Gasteiger partial charge is 0.393 e. The number of rotatable bonds is 0. The van der Waals surface area contributed by atoms with Crippen molar-refractivity contribution in [3.05, 3.63) is 0 Å². The van der Waals surface area contributed by atoms with Crippen molar-refractivity contribution >= 4 is 11.8 Å². The van der Waals surface area contributed by atoms with Crippen molar-refractivity contribution in [2.75, 3.05) is 5.75 Å². The van der Waals surface area contributed by atoms with Gasteiger partial charge in [0.2, 0.25) is 0 Å². The van der Waals surface area contributed by atoms with Crippen LogP contribution in [0.4, 0.5) is 0 Å². The van der Waals surface area contributed by atoms with Crippen LogP contribution in [0.15, 0.2) is 0 Å². The first-order valence-electron chi connectivity index (χ1n) is 4.67. The highest BCUT2D eigenvalue weighted by molar-refractivity contribution is 7.99. The Morgan fingerprint density at radius 3 is 2.73 bits per heavy atom. The predicted molar refractivity (Wildman–Crippen MR) is 48.8 cm³/mol. The SMILES string of the molecule is OC1CCSC2CCCCC12. The van der Waals surface area contributed by atoms with Gasteiger partial charge < -0.3 is 5.11 Å². The summed E-state index contributed by atoms with van der Waals surface area (Å²) < 4.78 is 0. The van der Waals surface area contributed by atoms with Gasteiger partial charge in [-0.25, -0.2) is 0 Å². The minimum absolute atomic E-state index is 0.0292. The summed E-state index contributed by atoms with van der Waals surface area (Å²) in [6.45, 7) is 0. The number of aliphatic hydroxyl groups is 1. The number of thioether (sulfide) groups is 1. The molecule has 3 unspecified atom stereocenters. The van der Waals surface area contributed by atoms with Crippen molar-refractivity contribution < 1.29 is 5.11 Å². The maximum absolute atomic E-state index is 9.69. The van der Waals surface area contributed by atoms with Gasteiger partial charge in [0.1, 0.15) is 0 Å². The number of hydrogen-bond donors (Lipinski definition) is 1. The Balaban J connectivity index is 1.99. The third kappa shape index (κ3) is 1.57. The molecule has 1 saturated carbocycles. The summed E-state index contributed by atoms with van der Waals surface area (Å²) in [6.07, 6.45) is 6.43. The van der Waals surface area contributed by atoms with Gasteiger partial charge in [0.25, 0.3) is 0 Å². The first-order chi connectivity index (χ1) is 5.38. The second kappa shape index (κ2) is 3.36. The molecule has 1 saturated heterocycles. The molecule has 0 bridgehead atoms. The van der Waals surface area contributed by atoms with E-state index in [2.05, 4.69) is 11.8 Å². The van der Waals surface area contributed by atoms with Crippen LogP contribution in [0.25, 0.3) is 0 Å². The summed E-state index contributed by atoms with van der Waals surface area (Å²) in [6, 6.07) is 0. The highest BCUT2D eigenvalue weighted by Crippen LogP contribution is 2.40. The standard InChI is InChI=1S/C9H16OS/c10-8-5-6-11-9-4-2-1-3-7(8)9/h7-10H,1-6H2. The molecule has 11 heavy (non-hydrogen) atoms. The lowest BCUT2D eigenvalue weighted by atomic mass is 9.83. The minimum atomic E-state index is 0.0292. The van der Waals surface area contributed by atoms with Gasteiger partial charge >= 0.3 is 0 Å². The average Bonchev–Trinajstić information content (AvgIpc) is 2.06. The fourth-order valence-electron chi connectivity index (χ4n) is 2.33. The van der Waals surface area contributed by atoms with Crippen molar-refractivity contribution in [2.24, 2.45) is 5.92 Å². The molecule has 2 heteroatoms. The van der Waals surface area contributed by atoms with Gasteiger partial charge in [-0.05, 0) is 30.9 Å². The Bertz CT molecular complexity index is 136. The molecule has 2 rings (SSSR count). The van der Waals surface area contributed by atoms with Crippen LogP contribution in [-0.2, 0) is 0 Å². The molecule has 0 amide bonds. The molecule has 0 aromatic rings. The molecule has 1 heterocycles. The summed E-state index contributed by atoms with van der Waals surface area (Å²) in [5.74, 6) is 1.82. The molecule has 0 aromatic carbocycles. The van der Waals surface area contributed by atoms with Crippen LogP contribution in [-0.4, -0.2) is 22.2 Å². The summed E-state index contributed by atoms with van der Waals surface area (Å²) >= 11 is 2.09. The van der Waals surface area contributed by atoms with Crippen LogP contribution in [0.5, 0.6) is 0 Å². The Kier molecular flexibility index (Phi) is 2.42. The third-order valence-electron chi connectivity index (χ3n) is 2.99.